The molecule has 0 radical (unpaired) electrons. The minimum Gasteiger partial charge on any atom is -0.594 e. The normalized spacial score (nSPS) is 20.7. The maximum absolute atomic E-state index is 12.3. The fourth-order valence-corrected chi connectivity index (χ4v) is 3.32. The number of rotatable bonds is 5. The first-order chi connectivity index (χ1) is 9.86. The number of nitro groups is 1. The summed E-state index contributed by atoms with van der Waals surface area (Å²) in [5.74, 6) is 0.294. The fourth-order valence-electron chi connectivity index (χ4n) is 2.31. The molecule has 0 N–H and O–H groups in total. The highest BCUT2D eigenvalue weighted by Crippen LogP contribution is 2.46. The lowest BCUT2D eigenvalue weighted by molar-refractivity contribution is -0.810. The van der Waals surface area contributed by atoms with Gasteiger partial charge in [0.25, 0.3) is 0 Å². The highest BCUT2D eigenvalue weighted by molar-refractivity contribution is 7.56. The summed E-state index contributed by atoms with van der Waals surface area (Å²) in [4.78, 5) is 14.0. The Morgan fingerprint density at radius 1 is 1.24 bits per heavy atom. The molecule has 0 spiro atoms. The number of nitrogens with zero attached hydrogens (tertiary/aromatic N) is 3. The van der Waals surface area contributed by atoms with Gasteiger partial charge in [-0.1, -0.05) is 18.2 Å². The second-order valence-corrected chi connectivity index (χ2v) is 6.98. The third-order valence-corrected chi connectivity index (χ3v) is 4.40. The summed E-state index contributed by atoms with van der Waals surface area (Å²) < 4.78 is 17.4. The molecule has 9 heteroatoms. The van der Waals surface area contributed by atoms with Crippen molar-refractivity contribution in [3.63, 3.8) is 0 Å². The smallest absolute Gasteiger partial charge is 0.438 e. The SMILES string of the molecule is CP(=O)(/N=[N+](\[O-])C1([N+](=O)[O-])CCCC1)Oc1ccccc1. The van der Waals surface area contributed by atoms with Crippen molar-refractivity contribution in [1.29, 1.82) is 0 Å². The molecule has 1 saturated carbocycles. The lowest BCUT2D eigenvalue weighted by Gasteiger charge is -2.17. The second kappa shape index (κ2) is 5.81. The first-order valence-corrected chi connectivity index (χ1v) is 8.55. The van der Waals surface area contributed by atoms with E-state index in [1.165, 1.54) is 0 Å². The van der Waals surface area contributed by atoms with Crippen LogP contribution in [0.15, 0.2) is 35.2 Å². The van der Waals surface area contributed by atoms with E-state index in [0.29, 0.717) is 18.6 Å². The van der Waals surface area contributed by atoms with Crippen LogP contribution in [0, 0.1) is 15.3 Å². The van der Waals surface area contributed by atoms with E-state index in [0.717, 1.165) is 6.66 Å². The number of hydrogen-bond acceptors (Lipinski definition) is 5. The van der Waals surface area contributed by atoms with E-state index in [2.05, 4.69) is 4.88 Å². The van der Waals surface area contributed by atoms with Crippen LogP contribution in [0.25, 0.3) is 0 Å². The van der Waals surface area contributed by atoms with Crippen molar-refractivity contribution in [3.8, 4) is 5.75 Å². The van der Waals surface area contributed by atoms with Crippen LogP contribution >= 0.6 is 7.52 Å². The third-order valence-electron chi connectivity index (χ3n) is 3.36. The van der Waals surface area contributed by atoms with Crippen LogP contribution in [0.3, 0.4) is 0 Å². The summed E-state index contributed by atoms with van der Waals surface area (Å²) in [6.07, 6.45) is 1.34. The van der Waals surface area contributed by atoms with Crippen molar-refractivity contribution in [2.75, 3.05) is 6.66 Å². The minimum absolute atomic E-state index is 0.0241. The topological polar surface area (TPSA) is 108 Å². The molecule has 0 aliphatic heterocycles. The summed E-state index contributed by atoms with van der Waals surface area (Å²) in [6.45, 7) is 1.16. The van der Waals surface area contributed by atoms with Crippen molar-refractivity contribution in [2.24, 2.45) is 4.88 Å². The molecule has 1 aromatic carbocycles. The van der Waals surface area contributed by atoms with E-state index in [1.54, 1.807) is 30.3 Å². The molecule has 1 atom stereocenters. The predicted octanol–water partition coefficient (Wildman–Crippen LogP) is 3.40. The van der Waals surface area contributed by atoms with Crippen molar-refractivity contribution in [3.05, 3.63) is 45.7 Å². The molecular formula is C12H16N3O5P. The standard InChI is InChI=1S/C12H16N3O5P/c1-21(19,20-11-7-3-2-4-8-11)13-14(16)12(15(17)18)9-5-6-10-12/h2-4,7-8H,5-6,9-10H2,1H3/b14-13-. The molecule has 8 nitrogen and oxygen atoms in total. The summed E-state index contributed by atoms with van der Waals surface area (Å²) >= 11 is 0. The van der Waals surface area contributed by atoms with Gasteiger partial charge in [0.1, 0.15) is 5.75 Å². The predicted molar refractivity (Wildman–Crippen MR) is 74.8 cm³/mol. The largest absolute Gasteiger partial charge is 0.594 e. The van der Waals surface area contributed by atoms with Gasteiger partial charge in [-0.15, -0.1) is 0 Å². The fraction of sp³-hybridized carbons (Fsp3) is 0.500. The summed E-state index contributed by atoms with van der Waals surface area (Å²) in [5, 5.41) is 23.3. The van der Waals surface area contributed by atoms with Gasteiger partial charge < -0.3 is 9.73 Å². The van der Waals surface area contributed by atoms with Gasteiger partial charge in [-0.25, -0.2) is 4.57 Å². The molecular weight excluding hydrogens is 297 g/mol. The van der Waals surface area contributed by atoms with E-state index in [1.807, 2.05) is 0 Å². The molecule has 114 valence electrons. The number of benzene rings is 1. The second-order valence-electron chi connectivity index (χ2n) is 5.02. The van der Waals surface area contributed by atoms with E-state index in [4.69, 9.17) is 4.52 Å². The Labute approximate surface area is 121 Å². The van der Waals surface area contributed by atoms with Gasteiger partial charge in [0.05, 0.1) is 29.3 Å². The molecule has 0 aromatic heterocycles. The van der Waals surface area contributed by atoms with Gasteiger partial charge in [0.2, 0.25) is 0 Å². The van der Waals surface area contributed by atoms with Gasteiger partial charge in [-0.2, -0.15) is 0 Å². The van der Waals surface area contributed by atoms with Gasteiger partial charge in [0.15, 0.2) is 0 Å². The van der Waals surface area contributed by atoms with Crippen LogP contribution in [0.2, 0.25) is 0 Å². The molecule has 0 bridgehead atoms. The average Bonchev–Trinajstić information content (AvgIpc) is 2.89. The van der Waals surface area contributed by atoms with Crippen LogP contribution in [0.1, 0.15) is 25.7 Å². The molecule has 1 aromatic rings. The third kappa shape index (κ3) is 3.39. The summed E-state index contributed by atoms with van der Waals surface area (Å²) in [6, 6.07) is 8.25. The number of hydroxylamine groups is 1. The highest BCUT2D eigenvalue weighted by atomic mass is 31.2. The van der Waals surface area contributed by atoms with E-state index < -0.39 is 18.1 Å². The van der Waals surface area contributed by atoms with Crippen LogP contribution in [-0.2, 0) is 4.57 Å². The zero-order valence-electron chi connectivity index (χ0n) is 11.5. The van der Waals surface area contributed by atoms with Gasteiger partial charge in [-0.3, -0.25) is 10.1 Å². The Balaban J connectivity index is 2.24. The van der Waals surface area contributed by atoms with Crippen LogP contribution < -0.4 is 4.52 Å². The van der Waals surface area contributed by atoms with Crippen LogP contribution in [0.4, 0.5) is 0 Å². The lowest BCUT2D eigenvalue weighted by atomic mass is 10.1. The summed E-state index contributed by atoms with van der Waals surface area (Å²) in [5.41, 5.74) is -1.81. The van der Waals surface area contributed by atoms with Gasteiger partial charge in [0, 0.05) is 0 Å². The van der Waals surface area contributed by atoms with Crippen molar-refractivity contribution < 1.29 is 18.9 Å². The van der Waals surface area contributed by atoms with Crippen molar-refractivity contribution in [2.45, 2.75) is 31.3 Å². The molecule has 21 heavy (non-hydrogen) atoms. The maximum atomic E-state index is 12.3. The molecule has 0 heterocycles. The lowest BCUT2D eigenvalue weighted by Crippen LogP contribution is -2.43. The van der Waals surface area contributed by atoms with E-state index >= 15 is 0 Å². The first-order valence-electron chi connectivity index (χ1n) is 6.53. The highest BCUT2D eigenvalue weighted by Gasteiger charge is 2.56. The maximum Gasteiger partial charge on any atom is 0.438 e. The van der Waals surface area contributed by atoms with Crippen molar-refractivity contribution >= 4 is 7.52 Å². The molecule has 0 saturated heterocycles. The van der Waals surface area contributed by atoms with Crippen LogP contribution in [0.5, 0.6) is 5.75 Å². The zero-order chi connectivity index (χ0) is 15.5. The van der Waals surface area contributed by atoms with Gasteiger partial charge in [-0.05, 0) is 29.8 Å². The minimum atomic E-state index is -3.67. The average molecular weight is 313 g/mol. The molecule has 0 amide bonds. The van der Waals surface area contributed by atoms with Crippen LogP contribution in [-0.4, -0.2) is 22.1 Å². The first kappa shape index (κ1) is 15.4. The Morgan fingerprint density at radius 3 is 2.33 bits per heavy atom. The Bertz CT molecular complexity index is 598. The Hall–Kier alpha value is -1.95. The summed E-state index contributed by atoms with van der Waals surface area (Å²) in [7, 11) is -3.67. The molecule has 1 aliphatic carbocycles. The zero-order valence-corrected chi connectivity index (χ0v) is 12.4. The Morgan fingerprint density at radius 2 is 1.81 bits per heavy atom. The molecule has 1 aliphatic rings. The quantitative estimate of drug-likeness (QED) is 0.207. The van der Waals surface area contributed by atoms with E-state index in [9.17, 15) is 19.9 Å². The molecule has 2 rings (SSSR count). The number of para-hydroxylation sites is 1. The monoisotopic (exact) mass is 313 g/mol. The van der Waals surface area contributed by atoms with Gasteiger partial charge >= 0.3 is 13.2 Å². The van der Waals surface area contributed by atoms with Crippen molar-refractivity contribution in [1.82, 2.24) is 0 Å². The van der Waals surface area contributed by atoms with E-state index in [-0.39, 0.29) is 17.7 Å². The molecule has 1 fully saturated rings. The Kier molecular flexibility index (Phi) is 4.27. The number of hydrogen-bond donors (Lipinski definition) is 0. The molecule has 1 unspecified atom stereocenters.